The zero-order valence-corrected chi connectivity index (χ0v) is 34.6. The molecule has 0 spiro atoms. The van der Waals surface area contributed by atoms with Crippen LogP contribution in [0.25, 0.3) is 0 Å². The van der Waals surface area contributed by atoms with Crippen LogP contribution in [-0.2, 0) is 0 Å². The average molecular weight is 911 g/mol. The van der Waals surface area contributed by atoms with Crippen LogP contribution in [0.4, 0.5) is 39.5 Å². The molecule has 0 radical (unpaired) electrons. The van der Waals surface area contributed by atoms with E-state index in [1.54, 1.807) is 51.1 Å². The van der Waals surface area contributed by atoms with Crippen LogP contribution < -0.4 is 0 Å². The van der Waals surface area contributed by atoms with Crippen molar-refractivity contribution in [2.24, 2.45) is 0 Å². The Labute approximate surface area is 383 Å². The summed E-state index contributed by atoms with van der Waals surface area (Å²) < 4.78 is 113. The summed E-state index contributed by atoms with van der Waals surface area (Å²) in [5.74, 6) is -4.96. The summed E-state index contributed by atoms with van der Waals surface area (Å²) in [6.07, 6.45) is 0. The second-order valence-electron chi connectivity index (χ2n) is 13.8. The Balaban J connectivity index is -0.000000119. The molecule has 0 aliphatic carbocycles. The first-order valence-corrected chi connectivity index (χ1v) is 17.9. The third-order valence-electron chi connectivity index (χ3n) is 8.33. The maximum absolute atomic E-state index is 12.6. The molecule has 0 N–H and O–H groups in total. The zero-order chi connectivity index (χ0) is 43.7. The highest BCUT2D eigenvalue weighted by Crippen LogP contribution is 2.16. The summed E-state index contributed by atoms with van der Waals surface area (Å²) in [7, 11) is 0. The molecule has 0 heterocycles. The van der Waals surface area contributed by atoms with Crippen molar-refractivity contribution in [3.8, 4) is 0 Å². The second-order valence-corrected chi connectivity index (χ2v) is 13.8. The molecule has 0 nitrogen and oxygen atoms in total. The van der Waals surface area contributed by atoms with Gasteiger partial charge in [0.1, 0.15) is 29.1 Å². The molecule has 0 saturated heterocycles. The maximum Gasteiger partial charge on any atom is 0.161 e. The minimum atomic E-state index is -0.736. The van der Waals surface area contributed by atoms with Crippen LogP contribution in [0.5, 0.6) is 0 Å². The summed E-state index contributed by atoms with van der Waals surface area (Å²) >= 11 is 0. The van der Waals surface area contributed by atoms with Crippen molar-refractivity contribution < 1.29 is 39.5 Å². The molecule has 0 aromatic heterocycles. The highest BCUT2D eigenvalue weighted by atomic mass is 19.2. The van der Waals surface area contributed by atoms with E-state index in [4.69, 9.17) is 0 Å². The quantitative estimate of drug-likeness (QED) is 0.133. The van der Waals surface area contributed by atoms with Gasteiger partial charge in [-0.15, -0.1) is 0 Å². The summed E-state index contributed by atoms with van der Waals surface area (Å²) in [5.41, 5.74) is 7.14. The molecule has 0 aliphatic heterocycles. The summed E-state index contributed by atoms with van der Waals surface area (Å²) in [4.78, 5) is 0. The average Bonchev–Trinajstić information content (AvgIpc) is 3.15. The van der Waals surface area contributed by atoms with E-state index in [-0.39, 0.29) is 68.9 Å². The molecule has 6 rings (SSSR count). The van der Waals surface area contributed by atoms with Crippen LogP contribution in [-0.4, -0.2) is 0 Å². The van der Waals surface area contributed by atoms with Gasteiger partial charge in [-0.3, -0.25) is 0 Å². The monoisotopic (exact) mass is 911 g/mol. The summed E-state index contributed by atoms with van der Waals surface area (Å²) in [5, 5.41) is 0. The first-order chi connectivity index (χ1) is 26.5. The van der Waals surface area contributed by atoms with E-state index in [0.717, 1.165) is 5.56 Å². The van der Waals surface area contributed by atoms with Gasteiger partial charge in [-0.25, -0.2) is 39.5 Å². The molecule has 362 valence electrons. The lowest BCUT2D eigenvalue weighted by Gasteiger charge is -1.99. The Bertz CT molecular complexity index is 1970. The number of rotatable bonds is 0. The van der Waals surface area contributed by atoms with E-state index in [0.29, 0.717) is 38.9 Å². The molecular weight excluding hydrogens is 832 g/mol. The van der Waals surface area contributed by atoms with Gasteiger partial charge in [0, 0.05) is 11.1 Å². The normalized spacial score (nSPS) is 8.77. The van der Waals surface area contributed by atoms with Gasteiger partial charge in [0.2, 0.25) is 0 Å². The standard InChI is InChI=1S/4C8H8F2.C8H9F.C8H10.7CH4/c2*1-5-3-7(9)6(2)8(10)4-5;2*1-5-3-4-6(2)8(10)7(5)9;1-6-3-4-7(2)8(9)5-6;1-7-3-5-8(2)6-4-7;;;;;;;/h4*3-4H,1-2H3;3-5H,1-2H3;3-6H,1-2H3;7*1H4. The molecule has 0 atom stereocenters. The predicted molar refractivity (Wildman–Crippen MR) is 262 cm³/mol. The smallest absolute Gasteiger partial charge is 0.161 e. The van der Waals surface area contributed by atoms with E-state index in [2.05, 4.69) is 38.1 Å². The molecule has 0 fully saturated rings. The first-order valence-electron chi connectivity index (χ1n) is 17.9. The Morgan fingerprint density at radius 1 is 0.219 bits per heavy atom. The van der Waals surface area contributed by atoms with Crippen molar-refractivity contribution in [3.05, 3.63) is 210 Å². The van der Waals surface area contributed by atoms with E-state index < -0.39 is 46.5 Å². The lowest BCUT2D eigenvalue weighted by Crippen LogP contribution is -1.91. The van der Waals surface area contributed by atoms with Crippen molar-refractivity contribution in [1.82, 2.24) is 0 Å². The highest BCUT2D eigenvalue weighted by Gasteiger charge is 2.07. The fourth-order valence-corrected chi connectivity index (χ4v) is 4.36. The molecule has 6 aromatic rings. The number of hydrogen-bond donors (Lipinski definition) is 0. The van der Waals surface area contributed by atoms with Crippen LogP contribution in [0.2, 0.25) is 0 Å². The topological polar surface area (TPSA) is 0 Å². The van der Waals surface area contributed by atoms with Crippen LogP contribution in [0.15, 0.2) is 91.0 Å². The van der Waals surface area contributed by atoms with Gasteiger partial charge in [0.25, 0.3) is 0 Å². The second kappa shape index (κ2) is 35.1. The van der Waals surface area contributed by atoms with Crippen LogP contribution in [0.1, 0.15) is 119 Å². The first kappa shape index (κ1) is 73.1. The van der Waals surface area contributed by atoms with Gasteiger partial charge in [-0.2, -0.15) is 0 Å². The molecule has 0 aliphatic rings. The van der Waals surface area contributed by atoms with E-state index in [1.165, 1.54) is 83.0 Å². The van der Waals surface area contributed by atoms with Crippen molar-refractivity contribution in [2.75, 3.05) is 0 Å². The fraction of sp³-hybridized carbons (Fsp3) is 0.345. The summed E-state index contributed by atoms with van der Waals surface area (Å²) in [6.45, 7) is 20.1. The largest absolute Gasteiger partial charge is 0.207 e. The third kappa shape index (κ3) is 25.1. The van der Waals surface area contributed by atoms with E-state index >= 15 is 0 Å². The number of hydrogen-bond acceptors (Lipinski definition) is 0. The molecule has 0 unspecified atom stereocenters. The van der Waals surface area contributed by atoms with Gasteiger partial charge in [0.15, 0.2) is 23.3 Å². The van der Waals surface area contributed by atoms with Gasteiger partial charge in [-0.1, -0.05) is 124 Å². The number of benzene rings is 6. The minimum absolute atomic E-state index is 0. The molecule has 0 saturated carbocycles. The van der Waals surface area contributed by atoms with Gasteiger partial charge in [-0.05, 0) is 158 Å². The minimum Gasteiger partial charge on any atom is -0.207 e. The van der Waals surface area contributed by atoms with Crippen molar-refractivity contribution in [2.45, 2.75) is 135 Å². The van der Waals surface area contributed by atoms with E-state index in [1.807, 2.05) is 13.0 Å². The van der Waals surface area contributed by atoms with Crippen LogP contribution in [0.3, 0.4) is 0 Å². The van der Waals surface area contributed by atoms with Crippen LogP contribution in [0, 0.1) is 135 Å². The van der Waals surface area contributed by atoms with Crippen LogP contribution >= 0.6 is 0 Å². The number of halogens is 9. The third-order valence-corrected chi connectivity index (χ3v) is 8.33. The van der Waals surface area contributed by atoms with Crippen molar-refractivity contribution in [1.29, 1.82) is 0 Å². The Kier molecular flexibility index (Phi) is 40.1. The van der Waals surface area contributed by atoms with Gasteiger partial charge < -0.3 is 0 Å². The lowest BCUT2D eigenvalue weighted by atomic mass is 10.1. The van der Waals surface area contributed by atoms with Gasteiger partial charge >= 0.3 is 0 Å². The molecule has 9 heteroatoms. The van der Waals surface area contributed by atoms with Gasteiger partial charge in [0.05, 0.1) is 0 Å². The molecular formula is C55H79F9. The zero-order valence-electron chi connectivity index (χ0n) is 34.6. The molecule has 64 heavy (non-hydrogen) atoms. The maximum atomic E-state index is 12.6. The fourth-order valence-electron chi connectivity index (χ4n) is 4.36. The number of aryl methyl sites for hydroxylation is 10. The summed E-state index contributed by atoms with van der Waals surface area (Å²) in [6, 6.07) is 25.2. The Morgan fingerprint density at radius 3 is 0.609 bits per heavy atom. The SMILES string of the molecule is C.C.C.C.C.C.C.Cc1cc(F)c(C)c(F)c1.Cc1cc(F)c(C)c(F)c1.Cc1ccc(C)c(F)c1.Cc1ccc(C)c(F)c1F.Cc1ccc(C)c(F)c1F.Cc1ccc(C)cc1. The predicted octanol–water partition coefficient (Wildman–Crippen LogP) is 19.5. The Morgan fingerprint density at radius 2 is 0.406 bits per heavy atom. The van der Waals surface area contributed by atoms with Crippen molar-refractivity contribution in [3.63, 3.8) is 0 Å². The molecule has 0 bridgehead atoms. The molecule has 0 amide bonds. The van der Waals surface area contributed by atoms with E-state index in [9.17, 15) is 39.5 Å². The van der Waals surface area contributed by atoms with Crippen molar-refractivity contribution >= 4 is 0 Å². The lowest BCUT2D eigenvalue weighted by molar-refractivity contribution is 0.497. The molecule has 6 aromatic carbocycles. The Hall–Kier alpha value is -5.31. The highest BCUT2D eigenvalue weighted by molar-refractivity contribution is 5.27.